The van der Waals surface area contributed by atoms with E-state index in [-0.39, 0.29) is 5.91 Å². The number of aryl methyl sites for hydroxylation is 1. The maximum Gasteiger partial charge on any atom is 0.274 e. The van der Waals surface area contributed by atoms with Crippen LogP contribution >= 0.6 is 11.3 Å². The largest absolute Gasteiger partial charge is 0.381 e. The van der Waals surface area contributed by atoms with Crippen molar-refractivity contribution in [3.8, 4) is 0 Å². The third-order valence-corrected chi connectivity index (χ3v) is 5.81. The Kier molecular flexibility index (Phi) is 6.14. The fourth-order valence-electron chi connectivity index (χ4n) is 3.47. The summed E-state index contributed by atoms with van der Waals surface area (Å²) in [5.41, 5.74) is 2.76. The third-order valence-electron chi connectivity index (χ3n) is 5.00. The normalized spacial score (nSPS) is 16.8. The molecule has 1 amide bonds. The van der Waals surface area contributed by atoms with E-state index in [2.05, 4.69) is 15.3 Å². The van der Waals surface area contributed by atoms with Gasteiger partial charge in [-0.15, -0.1) is 11.3 Å². The van der Waals surface area contributed by atoms with Gasteiger partial charge in [0.15, 0.2) is 5.13 Å². The minimum Gasteiger partial charge on any atom is -0.381 e. The molecular formula is C21H24N4O2S. The van der Waals surface area contributed by atoms with E-state index < -0.39 is 0 Å². The van der Waals surface area contributed by atoms with Crippen LogP contribution in [0.25, 0.3) is 0 Å². The van der Waals surface area contributed by atoms with Gasteiger partial charge in [-0.05, 0) is 61.4 Å². The lowest BCUT2D eigenvalue weighted by molar-refractivity contribution is 0.0517. The molecule has 3 aromatic heterocycles. The van der Waals surface area contributed by atoms with Crippen LogP contribution < -0.4 is 5.32 Å². The van der Waals surface area contributed by atoms with Crippen LogP contribution in [0, 0.1) is 5.92 Å². The van der Waals surface area contributed by atoms with Gasteiger partial charge in [0.25, 0.3) is 5.91 Å². The highest BCUT2D eigenvalue weighted by molar-refractivity contribution is 7.13. The van der Waals surface area contributed by atoms with E-state index in [0.29, 0.717) is 23.3 Å². The summed E-state index contributed by atoms with van der Waals surface area (Å²) in [6.07, 6.45) is 9.84. The number of thiazole rings is 1. The zero-order valence-corrected chi connectivity index (χ0v) is 16.5. The van der Waals surface area contributed by atoms with Gasteiger partial charge in [-0.2, -0.15) is 0 Å². The summed E-state index contributed by atoms with van der Waals surface area (Å²) in [5, 5.41) is 5.63. The lowest BCUT2D eigenvalue weighted by Crippen LogP contribution is -2.18. The Bertz CT molecular complexity index is 900. The molecule has 0 aromatic carbocycles. The predicted octanol–water partition coefficient (Wildman–Crippen LogP) is 4.00. The molecule has 0 aliphatic carbocycles. The molecule has 0 saturated carbocycles. The number of carbonyl (C=O) groups is 1. The second-order valence-electron chi connectivity index (χ2n) is 7.10. The molecule has 6 nitrogen and oxygen atoms in total. The van der Waals surface area contributed by atoms with Gasteiger partial charge in [0.1, 0.15) is 5.69 Å². The molecule has 1 aliphatic heterocycles. The second-order valence-corrected chi connectivity index (χ2v) is 7.95. The van der Waals surface area contributed by atoms with Crippen LogP contribution in [0.3, 0.4) is 0 Å². The van der Waals surface area contributed by atoms with Gasteiger partial charge < -0.3 is 9.30 Å². The number of amides is 1. The predicted molar refractivity (Wildman–Crippen MR) is 110 cm³/mol. The number of rotatable bonds is 7. The van der Waals surface area contributed by atoms with E-state index in [0.717, 1.165) is 43.7 Å². The Morgan fingerprint density at radius 2 is 2.21 bits per heavy atom. The highest BCUT2D eigenvalue weighted by Crippen LogP contribution is 2.22. The van der Waals surface area contributed by atoms with Crippen molar-refractivity contribution in [3.63, 3.8) is 0 Å². The van der Waals surface area contributed by atoms with Crippen molar-refractivity contribution in [2.45, 2.75) is 32.2 Å². The molecule has 0 spiro atoms. The lowest BCUT2D eigenvalue weighted by atomic mass is 9.96. The molecule has 28 heavy (non-hydrogen) atoms. The summed E-state index contributed by atoms with van der Waals surface area (Å²) < 4.78 is 7.48. The number of nitrogens with zero attached hydrogens (tertiary/aromatic N) is 3. The van der Waals surface area contributed by atoms with Gasteiger partial charge in [-0.3, -0.25) is 15.1 Å². The average molecular weight is 397 g/mol. The number of hydrogen-bond acceptors (Lipinski definition) is 5. The van der Waals surface area contributed by atoms with Crippen LogP contribution in [-0.2, 0) is 17.7 Å². The fourth-order valence-corrected chi connectivity index (χ4v) is 4.21. The van der Waals surface area contributed by atoms with E-state index in [1.165, 1.54) is 17.8 Å². The van der Waals surface area contributed by atoms with Gasteiger partial charge in [0.2, 0.25) is 0 Å². The van der Waals surface area contributed by atoms with Gasteiger partial charge >= 0.3 is 0 Å². The van der Waals surface area contributed by atoms with Crippen molar-refractivity contribution in [2.24, 2.45) is 5.92 Å². The Balaban J connectivity index is 1.34. The summed E-state index contributed by atoms with van der Waals surface area (Å²) >= 11 is 1.48. The topological polar surface area (TPSA) is 69.0 Å². The monoisotopic (exact) mass is 396 g/mol. The van der Waals surface area contributed by atoms with Crippen LogP contribution in [0.5, 0.6) is 0 Å². The maximum absolute atomic E-state index is 12.7. The van der Waals surface area contributed by atoms with Crippen molar-refractivity contribution in [1.82, 2.24) is 14.5 Å². The Hall–Kier alpha value is -2.51. The first-order valence-corrected chi connectivity index (χ1v) is 10.5. The summed E-state index contributed by atoms with van der Waals surface area (Å²) in [5.74, 6) is 0.491. The first kappa shape index (κ1) is 18.8. The second kappa shape index (κ2) is 9.12. The average Bonchev–Trinajstić information content (AvgIpc) is 3.37. The molecule has 4 heterocycles. The molecule has 7 heteroatoms. The van der Waals surface area contributed by atoms with Crippen molar-refractivity contribution in [1.29, 1.82) is 0 Å². The number of aromatic nitrogens is 3. The van der Waals surface area contributed by atoms with E-state index in [4.69, 9.17) is 4.74 Å². The zero-order valence-electron chi connectivity index (χ0n) is 15.7. The zero-order chi connectivity index (χ0) is 19.2. The van der Waals surface area contributed by atoms with Gasteiger partial charge in [0.05, 0.1) is 5.69 Å². The summed E-state index contributed by atoms with van der Waals surface area (Å²) in [4.78, 5) is 21.3. The Morgan fingerprint density at radius 3 is 3.04 bits per heavy atom. The minimum atomic E-state index is -0.138. The molecular weight excluding hydrogens is 372 g/mol. The molecule has 0 bridgehead atoms. The molecule has 1 aliphatic rings. The highest BCUT2D eigenvalue weighted by atomic mass is 32.1. The number of nitrogens with one attached hydrogen (secondary N) is 1. The van der Waals surface area contributed by atoms with Crippen molar-refractivity contribution in [3.05, 3.63) is 65.2 Å². The molecule has 3 aromatic rings. The molecule has 146 valence electrons. The van der Waals surface area contributed by atoms with Crippen molar-refractivity contribution < 1.29 is 9.53 Å². The highest BCUT2D eigenvalue weighted by Gasteiger charge is 2.16. The fraction of sp³-hybridized carbons (Fsp3) is 0.381. The Labute approximate surface area is 168 Å². The maximum atomic E-state index is 12.7. The van der Waals surface area contributed by atoms with Crippen LogP contribution in [0.1, 0.15) is 41.0 Å². The minimum absolute atomic E-state index is 0.138. The molecule has 1 saturated heterocycles. The van der Waals surface area contributed by atoms with Crippen molar-refractivity contribution >= 4 is 22.4 Å². The Morgan fingerprint density at radius 1 is 1.32 bits per heavy atom. The molecule has 1 atom stereocenters. The quantitative estimate of drug-likeness (QED) is 0.655. The number of anilines is 1. The summed E-state index contributed by atoms with van der Waals surface area (Å²) in [7, 11) is 0. The van der Waals surface area contributed by atoms with Gasteiger partial charge in [-0.1, -0.05) is 0 Å². The third kappa shape index (κ3) is 4.85. The smallest absolute Gasteiger partial charge is 0.274 e. The van der Waals surface area contributed by atoms with Crippen LogP contribution in [0.2, 0.25) is 0 Å². The number of pyridine rings is 1. The first-order valence-electron chi connectivity index (χ1n) is 9.65. The van der Waals surface area contributed by atoms with E-state index in [1.807, 2.05) is 40.4 Å². The number of carbonyl (C=O) groups excluding carboxylic acids is 1. The number of hydrogen-bond donors (Lipinski definition) is 1. The van der Waals surface area contributed by atoms with Gasteiger partial charge in [0, 0.05) is 43.7 Å². The van der Waals surface area contributed by atoms with E-state index >= 15 is 0 Å². The standard InChI is InChI=1S/C21H24N4O2S/c26-20(19-4-1-11-25(19)13-16-7-9-22-10-8-16)24-21-23-18(15-28-21)6-5-17-3-2-12-27-14-17/h1,4,7-11,15,17H,2-3,5-6,12-14H2,(H,23,24,26). The first-order chi connectivity index (χ1) is 13.8. The SMILES string of the molecule is O=C(Nc1nc(CCC2CCCOC2)cs1)c1cccn1Cc1ccncc1. The van der Waals surface area contributed by atoms with E-state index in [1.54, 1.807) is 12.4 Å². The van der Waals surface area contributed by atoms with Crippen LogP contribution in [-0.4, -0.2) is 33.7 Å². The number of ether oxygens (including phenoxy) is 1. The van der Waals surface area contributed by atoms with Crippen LogP contribution in [0.4, 0.5) is 5.13 Å². The van der Waals surface area contributed by atoms with E-state index in [9.17, 15) is 4.79 Å². The molecule has 1 fully saturated rings. The van der Waals surface area contributed by atoms with Crippen LogP contribution in [0.15, 0.2) is 48.2 Å². The molecule has 0 radical (unpaired) electrons. The van der Waals surface area contributed by atoms with Gasteiger partial charge in [-0.25, -0.2) is 4.98 Å². The van der Waals surface area contributed by atoms with Crippen molar-refractivity contribution in [2.75, 3.05) is 18.5 Å². The molecule has 1 unspecified atom stereocenters. The summed E-state index contributed by atoms with van der Waals surface area (Å²) in [6.45, 7) is 2.39. The molecule has 4 rings (SSSR count). The molecule has 1 N–H and O–H groups in total. The summed E-state index contributed by atoms with van der Waals surface area (Å²) in [6, 6.07) is 7.61. The lowest BCUT2D eigenvalue weighted by Gasteiger charge is -2.21.